The molecule has 0 amide bonds. The van der Waals surface area contributed by atoms with Crippen LogP contribution in [0.2, 0.25) is 0 Å². The molecule has 0 heterocycles. The quantitative estimate of drug-likeness (QED) is 0.0287. The van der Waals surface area contributed by atoms with Crippen molar-refractivity contribution in [1.29, 1.82) is 0 Å². The Labute approximate surface area is 337 Å². The lowest BCUT2D eigenvalue weighted by Gasteiger charge is -2.31. The van der Waals surface area contributed by atoms with Gasteiger partial charge in [-0.2, -0.15) is 0 Å². The summed E-state index contributed by atoms with van der Waals surface area (Å²) in [5.74, 6) is -1.52. The number of carboxylic acid groups (broad SMARTS) is 1. The van der Waals surface area contributed by atoms with Gasteiger partial charge in [-0.1, -0.05) is 140 Å². The zero-order chi connectivity index (χ0) is 40.7. The molecule has 0 radical (unpaired) electrons. The number of hydrogen-bond acceptors (Lipinski definition) is 6. The molecule has 0 fully saturated rings. The largest absolute Gasteiger partial charge is 0.477 e. The van der Waals surface area contributed by atoms with Gasteiger partial charge < -0.3 is 23.8 Å². The lowest BCUT2D eigenvalue weighted by molar-refractivity contribution is -0.887. The first-order valence-corrected chi connectivity index (χ1v) is 22.2. The summed E-state index contributed by atoms with van der Waals surface area (Å²) in [4.78, 5) is 36.9. The van der Waals surface area contributed by atoms with Gasteiger partial charge >= 0.3 is 17.9 Å². The van der Waals surface area contributed by atoms with Crippen molar-refractivity contribution < 1.29 is 38.2 Å². The van der Waals surface area contributed by atoms with E-state index >= 15 is 0 Å². The minimum atomic E-state index is -0.882. The number of likely N-dealkylation sites (N-methyl/N-ethyl adjacent to an activating group) is 1. The summed E-state index contributed by atoms with van der Waals surface area (Å²) < 4.78 is 17.2. The molecule has 0 saturated heterocycles. The summed E-state index contributed by atoms with van der Waals surface area (Å²) in [6.45, 7) is 4.57. The Kier molecular flexibility index (Phi) is 36.3. The Morgan fingerprint density at radius 2 is 1.02 bits per heavy atom. The number of unbranched alkanes of at least 4 members (excludes halogenated alkanes) is 17. The second-order valence-corrected chi connectivity index (χ2v) is 15.9. The Balaban J connectivity index is 4.35. The maximum atomic E-state index is 12.7. The Hall–Kier alpha value is -2.71. The van der Waals surface area contributed by atoms with Crippen molar-refractivity contribution in [2.75, 3.05) is 41.0 Å². The van der Waals surface area contributed by atoms with E-state index in [1.54, 1.807) is 0 Å². The van der Waals surface area contributed by atoms with Crippen LogP contribution in [0.25, 0.3) is 0 Å². The Morgan fingerprint density at radius 1 is 0.564 bits per heavy atom. The molecule has 0 spiro atoms. The number of ether oxygens (including phenoxy) is 3. The molecule has 1 N–H and O–H groups in total. The molecule has 0 bridgehead atoms. The maximum absolute atomic E-state index is 12.7. The summed E-state index contributed by atoms with van der Waals surface area (Å²) in [5, 5.41) is 9.61. The Bertz CT molecular complexity index is 1040. The van der Waals surface area contributed by atoms with Gasteiger partial charge in [-0.15, -0.1) is 0 Å². The van der Waals surface area contributed by atoms with Gasteiger partial charge in [-0.25, -0.2) is 4.79 Å². The second kappa shape index (κ2) is 38.2. The molecule has 8 nitrogen and oxygen atoms in total. The van der Waals surface area contributed by atoms with Gasteiger partial charge in [0.15, 0.2) is 12.1 Å². The third-order valence-electron chi connectivity index (χ3n) is 9.71. The summed E-state index contributed by atoms with van der Waals surface area (Å²) in [6, 6.07) is -0.621. The zero-order valence-electron chi connectivity index (χ0n) is 36.1. The molecule has 2 unspecified atom stereocenters. The van der Waals surface area contributed by atoms with Crippen LogP contribution in [0.3, 0.4) is 0 Å². The molecule has 318 valence electrons. The minimum Gasteiger partial charge on any atom is -0.477 e. The van der Waals surface area contributed by atoms with Crippen molar-refractivity contribution in [3.8, 4) is 0 Å². The van der Waals surface area contributed by atoms with Gasteiger partial charge in [-0.05, 0) is 70.6 Å². The number of carboxylic acids is 1. The predicted molar refractivity (Wildman–Crippen MR) is 229 cm³/mol. The normalized spacial score (nSPS) is 13.4. The van der Waals surface area contributed by atoms with E-state index in [9.17, 15) is 19.5 Å². The van der Waals surface area contributed by atoms with Crippen molar-refractivity contribution in [3.63, 3.8) is 0 Å². The molecule has 0 aromatic carbocycles. The lowest BCUT2D eigenvalue weighted by Crippen LogP contribution is -2.50. The van der Waals surface area contributed by atoms with E-state index in [2.05, 4.69) is 62.5 Å². The van der Waals surface area contributed by atoms with Crippen LogP contribution in [0.1, 0.15) is 181 Å². The van der Waals surface area contributed by atoms with E-state index in [0.717, 1.165) is 57.8 Å². The average molecular weight is 775 g/mol. The molecule has 0 saturated carbocycles. The monoisotopic (exact) mass is 775 g/mol. The molecular weight excluding hydrogens is 691 g/mol. The number of aliphatic carboxylic acids is 1. The van der Waals surface area contributed by atoms with E-state index in [1.165, 1.54) is 89.9 Å². The van der Waals surface area contributed by atoms with Crippen molar-refractivity contribution in [1.82, 2.24) is 0 Å². The van der Waals surface area contributed by atoms with Crippen LogP contribution in [0.5, 0.6) is 0 Å². The van der Waals surface area contributed by atoms with Crippen LogP contribution in [0.4, 0.5) is 0 Å². The minimum absolute atomic E-state index is 0.0466. The lowest BCUT2D eigenvalue weighted by atomic mass is 10.1. The van der Waals surface area contributed by atoms with E-state index in [0.29, 0.717) is 19.3 Å². The van der Waals surface area contributed by atoms with Crippen LogP contribution in [0, 0.1) is 0 Å². The number of allylic oxidation sites excluding steroid dienone is 8. The number of rotatable bonds is 39. The first kappa shape index (κ1) is 52.3. The van der Waals surface area contributed by atoms with Crippen molar-refractivity contribution in [2.45, 2.75) is 193 Å². The van der Waals surface area contributed by atoms with Gasteiger partial charge in [-0.3, -0.25) is 9.59 Å². The van der Waals surface area contributed by atoms with Crippen molar-refractivity contribution in [3.05, 3.63) is 48.6 Å². The Morgan fingerprint density at radius 3 is 1.56 bits per heavy atom. The van der Waals surface area contributed by atoms with Gasteiger partial charge in [0.25, 0.3) is 0 Å². The molecule has 8 heteroatoms. The SMILES string of the molecule is CC/C=C/C/C=C/C/C=C/CCCCC(=O)OCC(COCCC(C(=O)O)[N+](C)(C)C)OC(=O)CCCCCCCCC/C=C/CCCCCCCCCC. The second-order valence-electron chi connectivity index (χ2n) is 15.9. The fourth-order valence-electron chi connectivity index (χ4n) is 6.28. The fraction of sp³-hybridized carbons (Fsp3) is 0.766. The highest BCUT2D eigenvalue weighted by Crippen LogP contribution is 2.14. The van der Waals surface area contributed by atoms with E-state index in [-0.39, 0.29) is 36.2 Å². The number of esters is 2. The van der Waals surface area contributed by atoms with E-state index < -0.39 is 18.1 Å². The fourth-order valence-corrected chi connectivity index (χ4v) is 6.28. The number of hydrogen-bond donors (Lipinski definition) is 1. The molecular formula is C47H84NO7+. The third-order valence-corrected chi connectivity index (χ3v) is 9.71. The van der Waals surface area contributed by atoms with E-state index in [4.69, 9.17) is 14.2 Å². The predicted octanol–water partition coefficient (Wildman–Crippen LogP) is 12.0. The summed E-state index contributed by atoms with van der Waals surface area (Å²) in [5.41, 5.74) is 0. The molecule has 0 aromatic heterocycles. The molecule has 55 heavy (non-hydrogen) atoms. The summed E-state index contributed by atoms with van der Waals surface area (Å²) >= 11 is 0. The van der Waals surface area contributed by atoms with Crippen molar-refractivity contribution in [2.24, 2.45) is 0 Å². The topological polar surface area (TPSA) is 99.1 Å². The van der Waals surface area contributed by atoms with Crippen molar-refractivity contribution >= 4 is 17.9 Å². The van der Waals surface area contributed by atoms with Gasteiger partial charge in [0.2, 0.25) is 0 Å². The van der Waals surface area contributed by atoms with Crippen LogP contribution < -0.4 is 0 Å². The number of carbonyl (C=O) groups is 3. The number of carbonyl (C=O) groups excluding carboxylic acids is 2. The van der Waals surface area contributed by atoms with Crippen LogP contribution >= 0.6 is 0 Å². The van der Waals surface area contributed by atoms with Crippen LogP contribution in [0.15, 0.2) is 48.6 Å². The molecule has 0 aliphatic heterocycles. The highest BCUT2D eigenvalue weighted by molar-refractivity contribution is 5.72. The summed E-state index contributed by atoms with van der Waals surface area (Å²) in [6.07, 6.45) is 44.5. The smallest absolute Gasteiger partial charge is 0.362 e. The van der Waals surface area contributed by atoms with Crippen LogP contribution in [-0.2, 0) is 28.6 Å². The molecule has 0 rings (SSSR count). The first-order valence-electron chi connectivity index (χ1n) is 22.2. The van der Waals surface area contributed by atoms with Gasteiger partial charge in [0.1, 0.15) is 6.61 Å². The highest BCUT2D eigenvalue weighted by Gasteiger charge is 2.31. The first-order chi connectivity index (χ1) is 26.6. The zero-order valence-corrected chi connectivity index (χ0v) is 36.1. The standard InChI is InChI=1S/C47H83NO7/c1-6-8-10-12-14-16-18-20-21-22-23-24-25-26-28-30-32-34-36-38-46(50)55-43(41-53-40-39-44(47(51)52)48(3,4)5)42-54-45(49)37-35-33-31-29-27-19-17-15-13-11-9-7-2/h9,11,15,17,22-23,27,29,43-44H,6-8,10,12-14,16,18-21,24-26,28,30-42H2,1-5H3/p+1/b11-9+,17-15+,23-22+,29-27+. The highest BCUT2D eigenvalue weighted by atomic mass is 16.6. The third kappa shape index (κ3) is 36.7. The maximum Gasteiger partial charge on any atom is 0.362 e. The molecule has 0 aliphatic rings. The number of quaternary nitrogens is 1. The van der Waals surface area contributed by atoms with Gasteiger partial charge in [0.05, 0.1) is 34.4 Å². The molecule has 2 atom stereocenters. The van der Waals surface area contributed by atoms with E-state index in [1.807, 2.05) is 21.1 Å². The van der Waals surface area contributed by atoms with Crippen LogP contribution in [-0.4, -0.2) is 80.6 Å². The molecule has 0 aliphatic carbocycles. The average Bonchev–Trinajstić information content (AvgIpc) is 3.14. The summed E-state index contributed by atoms with van der Waals surface area (Å²) in [7, 11) is 5.51. The van der Waals surface area contributed by atoms with Gasteiger partial charge in [0, 0.05) is 19.3 Å². The molecule has 0 aromatic rings. The number of nitrogens with zero attached hydrogens (tertiary/aromatic N) is 1.